The van der Waals surface area contributed by atoms with Gasteiger partial charge in [-0.2, -0.15) is 0 Å². The van der Waals surface area contributed by atoms with Crippen LogP contribution in [0.3, 0.4) is 0 Å². The molecule has 0 aromatic heterocycles. The van der Waals surface area contributed by atoms with Crippen LogP contribution in [0, 0.1) is 0 Å². The number of rotatable bonds is 1. The van der Waals surface area contributed by atoms with Gasteiger partial charge in [-0.15, -0.1) is 0 Å². The fourth-order valence-electron chi connectivity index (χ4n) is 1.41. The number of thiol groups is 1. The van der Waals surface area contributed by atoms with Crippen molar-refractivity contribution >= 4 is 12.8 Å². The smallest absolute Gasteiger partial charge is 0.0169 e. The topological polar surface area (TPSA) is 12.0 Å². The molecule has 0 unspecified atom stereocenters. The summed E-state index contributed by atoms with van der Waals surface area (Å²) in [4.78, 5) is 0. The third kappa shape index (κ3) is 2.59. The zero-order valence-corrected chi connectivity index (χ0v) is 6.66. The second-order valence-corrected chi connectivity index (χ2v) is 3.08. The molecular weight excluding hydrogens is 130 g/mol. The molecule has 0 radical (unpaired) electrons. The first-order chi connectivity index (χ1) is 4.43. The van der Waals surface area contributed by atoms with Gasteiger partial charge in [0.1, 0.15) is 0 Å². The van der Waals surface area contributed by atoms with Crippen LogP contribution >= 0.6 is 12.8 Å². The van der Waals surface area contributed by atoms with Crippen molar-refractivity contribution in [2.75, 3.05) is 0 Å². The van der Waals surface area contributed by atoms with E-state index in [1.807, 2.05) is 0 Å². The zero-order valence-electron chi connectivity index (χ0n) is 5.77. The number of hydrogen-bond acceptors (Lipinski definition) is 2. The number of hydrogen-bond donors (Lipinski definition) is 2. The average Bonchev–Trinajstić information content (AvgIpc) is 2.13. The van der Waals surface area contributed by atoms with E-state index in [0.717, 1.165) is 0 Å². The first kappa shape index (κ1) is 7.42. The molecule has 2 heteroatoms. The second kappa shape index (κ2) is 4.18. The van der Waals surface area contributed by atoms with Crippen molar-refractivity contribution in [1.82, 2.24) is 4.72 Å². The molecule has 0 bridgehead atoms. The van der Waals surface area contributed by atoms with Crippen LogP contribution in [0.25, 0.3) is 0 Å². The third-order valence-electron chi connectivity index (χ3n) is 2.04. The van der Waals surface area contributed by atoms with Gasteiger partial charge in [-0.3, -0.25) is 4.72 Å². The Morgan fingerprint density at radius 3 is 2.00 bits per heavy atom. The van der Waals surface area contributed by atoms with Gasteiger partial charge >= 0.3 is 0 Å². The molecule has 0 spiro atoms. The SMILES string of the molecule is SNC1CCCCCC1. The van der Waals surface area contributed by atoms with Gasteiger partial charge in [0, 0.05) is 6.04 Å². The Bertz CT molecular complexity index is 67.3. The molecule has 0 atom stereocenters. The Balaban J connectivity index is 2.18. The monoisotopic (exact) mass is 145 g/mol. The highest BCUT2D eigenvalue weighted by atomic mass is 32.1. The Kier molecular flexibility index (Phi) is 3.44. The van der Waals surface area contributed by atoms with Crippen molar-refractivity contribution in [3.05, 3.63) is 0 Å². The van der Waals surface area contributed by atoms with E-state index in [4.69, 9.17) is 0 Å². The maximum absolute atomic E-state index is 4.06. The lowest BCUT2D eigenvalue weighted by Crippen LogP contribution is -2.18. The Labute approximate surface area is 62.8 Å². The minimum Gasteiger partial charge on any atom is -0.264 e. The van der Waals surface area contributed by atoms with E-state index in [9.17, 15) is 0 Å². The van der Waals surface area contributed by atoms with E-state index in [1.54, 1.807) is 0 Å². The van der Waals surface area contributed by atoms with Crippen LogP contribution in [0.1, 0.15) is 38.5 Å². The molecule has 9 heavy (non-hydrogen) atoms. The predicted molar refractivity (Wildman–Crippen MR) is 43.6 cm³/mol. The normalized spacial score (nSPS) is 23.7. The summed E-state index contributed by atoms with van der Waals surface area (Å²) >= 11 is 4.06. The minimum absolute atomic E-state index is 0.691. The largest absolute Gasteiger partial charge is 0.264 e. The molecule has 0 amide bonds. The quantitative estimate of drug-likeness (QED) is 0.425. The maximum atomic E-state index is 4.06. The summed E-state index contributed by atoms with van der Waals surface area (Å²) in [7, 11) is 0. The van der Waals surface area contributed by atoms with Gasteiger partial charge in [0.2, 0.25) is 0 Å². The highest BCUT2D eigenvalue weighted by Gasteiger charge is 2.08. The maximum Gasteiger partial charge on any atom is 0.0169 e. The Hall–Kier alpha value is 0.310. The van der Waals surface area contributed by atoms with E-state index in [1.165, 1.54) is 38.5 Å². The van der Waals surface area contributed by atoms with Crippen molar-refractivity contribution in [1.29, 1.82) is 0 Å². The van der Waals surface area contributed by atoms with Crippen molar-refractivity contribution in [2.24, 2.45) is 0 Å². The first-order valence-electron chi connectivity index (χ1n) is 3.83. The molecule has 1 aliphatic carbocycles. The molecule has 1 saturated carbocycles. The second-order valence-electron chi connectivity index (χ2n) is 2.82. The van der Waals surface area contributed by atoms with Gasteiger partial charge in [0.15, 0.2) is 0 Å². The predicted octanol–water partition coefficient (Wildman–Crippen LogP) is 2.14. The van der Waals surface area contributed by atoms with Gasteiger partial charge in [0.25, 0.3) is 0 Å². The van der Waals surface area contributed by atoms with Crippen LogP contribution in [0.5, 0.6) is 0 Å². The van der Waals surface area contributed by atoms with E-state index in [-0.39, 0.29) is 0 Å². The lowest BCUT2D eigenvalue weighted by molar-refractivity contribution is 0.553. The van der Waals surface area contributed by atoms with Crippen LogP contribution in [-0.4, -0.2) is 6.04 Å². The van der Waals surface area contributed by atoms with Crippen LogP contribution in [0.4, 0.5) is 0 Å². The summed E-state index contributed by atoms with van der Waals surface area (Å²) < 4.78 is 3.04. The summed E-state index contributed by atoms with van der Waals surface area (Å²) in [6.07, 6.45) is 8.27. The summed E-state index contributed by atoms with van der Waals surface area (Å²) in [6, 6.07) is 0.691. The molecular formula is C7H15NS. The minimum atomic E-state index is 0.691. The molecule has 1 nitrogen and oxygen atoms in total. The molecule has 0 saturated heterocycles. The van der Waals surface area contributed by atoms with Crippen molar-refractivity contribution < 1.29 is 0 Å². The molecule has 0 aliphatic heterocycles. The lowest BCUT2D eigenvalue weighted by Gasteiger charge is -2.09. The molecule has 1 fully saturated rings. The van der Waals surface area contributed by atoms with Crippen LogP contribution < -0.4 is 4.72 Å². The third-order valence-corrected chi connectivity index (χ3v) is 2.40. The fraction of sp³-hybridized carbons (Fsp3) is 1.00. The summed E-state index contributed by atoms with van der Waals surface area (Å²) in [5.74, 6) is 0. The first-order valence-corrected chi connectivity index (χ1v) is 4.28. The highest BCUT2D eigenvalue weighted by molar-refractivity contribution is 7.78. The van der Waals surface area contributed by atoms with Gasteiger partial charge in [0.05, 0.1) is 0 Å². The van der Waals surface area contributed by atoms with E-state index >= 15 is 0 Å². The molecule has 1 aliphatic rings. The van der Waals surface area contributed by atoms with E-state index in [0.29, 0.717) is 6.04 Å². The van der Waals surface area contributed by atoms with Crippen molar-refractivity contribution in [3.63, 3.8) is 0 Å². The molecule has 54 valence electrons. The molecule has 1 rings (SSSR count). The van der Waals surface area contributed by atoms with E-state index in [2.05, 4.69) is 17.5 Å². The van der Waals surface area contributed by atoms with Gasteiger partial charge < -0.3 is 0 Å². The Morgan fingerprint density at radius 2 is 1.56 bits per heavy atom. The lowest BCUT2D eigenvalue weighted by atomic mass is 10.1. The molecule has 0 aromatic rings. The van der Waals surface area contributed by atoms with Crippen LogP contribution in [0.15, 0.2) is 0 Å². The summed E-state index contributed by atoms with van der Waals surface area (Å²) in [5.41, 5.74) is 0. The van der Waals surface area contributed by atoms with Crippen LogP contribution in [-0.2, 0) is 0 Å². The van der Waals surface area contributed by atoms with Gasteiger partial charge in [-0.1, -0.05) is 38.5 Å². The van der Waals surface area contributed by atoms with Gasteiger partial charge in [-0.25, -0.2) is 0 Å². The van der Waals surface area contributed by atoms with Crippen molar-refractivity contribution in [2.45, 2.75) is 44.6 Å². The highest BCUT2D eigenvalue weighted by Crippen LogP contribution is 2.17. The molecule has 0 aromatic carbocycles. The van der Waals surface area contributed by atoms with E-state index < -0.39 is 0 Å². The average molecular weight is 145 g/mol. The van der Waals surface area contributed by atoms with Crippen LogP contribution in [0.2, 0.25) is 0 Å². The fourth-order valence-corrected chi connectivity index (χ4v) is 1.67. The van der Waals surface area contributed by atoms with Crippen molar-refractivity contribution in [3.8, 4) is 0 Å². The molecule has 0 heterocycles. The molecule has 1 N–H and O–H groups in total. The standard InChI is InChI=1S/C7H15NS/c9-8-7-5-3-1-2-4-6-7/h7-9H,1-6H2. The number of nitrogens with one attached hydrogen (secondary N) is 1. The Morgan fingerprint density at radius 1 is 1.00 bits per heavy atom. The summed E-state index contributed by atoms with van der Waals surface area (Å²) in [5, 5.41) is 0. The summed E-state index contributed by atoms with van der Waals surface area (Å²) in [6.45, 7) is 0. The zero-order chi connectivity index (χ0) is 6.53. The van der Waals surface area contributed by atoms with Gasteiger partial charge in [-0.05, 0) is 12.8 Å².